The van der Waals surface area contributed by atoms with Gasteiger partial charge >= 0.3 is 5.97 Å². The summed E-state index contributed by atoms with van der Waals surface area (Å²) in [5, 5.41) is 9.58. The molecule has 1 N–H and O–H groups in total. The fraction of sp³-hybridized carbons (Fsp3) is 0.500. The van der Waals surface area contributed by atoms with Gasteiger partial charge in [0.15, 0.2) is 0 Å². The lowest BCUT2D eigenvalue weighted by molar-refractivity contribution is -0.136. The lowest BCUT2D eigenvalue weighted by Gasteiger charge is -2.33. The van der Waals surface area contributed by atoms with Gasteiger partial charge in [-0.3, -0.25) is 4.79 Å². The third kappa shape index (κ3) is 3.30. The maximum atomic E-state index is 10.6. The number of hydrogen-bond acceptors (Lipinski definition) is 6. The summed E-state index contributed by atoms with van der Waals surface area (Å²) in [6, 6.07) is 3.99. The maximum Gasteiger partial charge on any atom is 0.303 e. The van der Waals surface area contributed by atoms with Crippen molar-refractivity contribution in [1.29, 1.82) is 0 Å². The fourth-order valence-electron chi connectivity index (χ4n) is 2.38. The number of pyridine rings is 1. The molecule has 3 rings (SSSR count). The number of thiazole rings is 1. The molecule has 7 heteroatoms. The van der Waals surface area contributed by atoms with Crippen LogP contribution < -0.4 is 4.90 Å². The number of aliphatic carboxylic acids is 1. The molecule has 0 unspecified atom stereocenters. The molecule has 0 aromatic carbocycles. The van der Waals surface area contributed by atoms with Crippen molar-refractivity contribution in [3.05, 3.63) is 17.1 Å². The van der Waals surface area contributed by atoms with E-state index in [1.807, 2.05) is 12.1 Å². The van der Waals surface area contributed by atoms with E-state index in [0.717, 1.165) is 47.4 Å². The minimum atomic E-state index is -0.791. The number of nitrogens with zero attached hydrogens (tertiary/aromatic N) is 4. The van der Waals surface area contributed by atoms with Crippen LogP contribution in [0.2, 0.25) is 0 Å². The van der Waals surface area contributed by atoms with Crippen LogP contribution in [0.25, 0.3) is 10.3 Å². The Bertz CT molecular complexity index is 649. The number of anilines is 1. The van der Waals surface area contributed by atoms with Crippen molar-refractivity contribution in [3.63, 3.8) is 0 Å². The molecule has 0 spiro atoms. The monoisotopic (exact) mass is 306 g/mol. The van der Waals surface area contributed by atoms with Crippen LogP contribution in [-0.4, -0.2) is 59.2 Å². The molecule has 0 radical (unpaired) electrons. The SMILES string of the molecule is CN1CCN(c2ccc3nc(CCC(=O)O)sc3n2)CC1. The van der Waals surface area contributed by atoms with Gasteiger partial charge in [0.05, 0.1) is 11.4 Å². The van der Waals surface area contributed by atoms with E-state index in [1.54, 1.807) is 0 Å². The minimum absolute atomic E-state index is 0.116. The molecule has 2 aromatic heterocycles. The average molecular weight is 306 g/mol. The molecule has 2 aromatic rings. The lowest BCUT2D eigenvalue weighted by atomic mass is 10.3. The molecule has 0 aliphatic carbocycles. The first-order valence-electron chi connectivity index (χ1n) is 7.03. The Morgan fingerprint density at radius 2 is 2.05 bits per heavy atom. The van der Waals surface area contributed by atoms with E-state index in [2.05, 4.69) is 26.8 Å². The zero-order chi connectivity index (χ0) is 14.8. The predicted octanol–water partition coefficient (Wildman–Crippen LogP) is 1.46. The largest absolute Gasteiger partial charge is 0.481 e. The Hall–Kier alpha value is -1.73. The highest BCUT2D eigenvalue weighted by Gasteiger charge is 2.16. The van der Waals surface area contributed by atoms with Crippen LogP contribution in [0.3, 0.4) is 0 Å². The van der Waals surface area contributed by atoms with Crippen molar-refractivity contribution >= 4 is 33.5 Å². The Balaban J connectivity index is 1.78. The first-order chi connectivity index (χ1) is 10.1. The van der Waals surface area contributed by atoms with E-state index in [4.69, 9.17) is 5.11 Å². The normalized spacial score (nSPS) is 16.5. The van der Waals surface area contributed by atoms with Crippen molar-refractivity contribution in [2.75, 3.05) is 38.1 Å². The van der Waals surface area contributed by atoms with Gasteiger partial charge < -0.3 is 14.9 Å². The molecule has 0 bridgehead atoms. The van der Waals surface area contributed by atoms with E-state index < -0.39 is 5.97 Å². The van der Waals surface area contributed by atoms with Crippen LogP contribution in [0.1, 0.15) is 11.4 Å². The van der Waals surface area contributed by atoms with E-state index in [9.17, 15) is 4.79 Å². The molecule has 112 valence electrons. The molecule has 1 saturated heterocycles. The number of carboxylic acid groups (broad SMARTS) is 1. The van der Waals surface area contributed by atoms with Gasteiger partial charge in [-0.1, -0.05) is 11.3 Å². The minimum Gasteiger partial charge on any atom is -0.481 e. The summed E-state index contributed by atoms with van der Waals surface area (Å²) < 4.78 is 0. The number of hydrogen-bond donors (Lipinski definition) is 1. The Labute approximate surface area is 127 Å². The molecule has 1 aliphatic heterocycles. The smallest absolute Gasteiger partial charge is 0.303 e. The molecule has 0 amide bonds. The number of likely N-dealkylation sites (N-methyl/N-ethyl adjacent to an activating group) is 1. The van der Waals surface area contributed by atoms with Crippen molar-refractivity contribution in [3.8, 4) is 0 Å². The second-order valence-electron chi connectivity index (χ2n) is 5.29. The predicted molar refractivity (Wildman–Crippen MR) is 83.1 cm³/mol. The number of carboxylic acids is 1. The molecule has 1 fully saturated rings. The second kappa shape index (κ2) is 5.95. The van der Waals surface area contributed by atoms with Crippen LogP contribution in [0, 0.1) is 0 Å². The van der Waals surface area contributed by atoms with Crippen LogP contribution in [-0.2, 0) is 11.2 Å². The van der Waals surface area contributed by atoms with Crippen LogP contribution in [0.15, 0.2) is 12.1 Å². The third-order valence-corrected chi connectivity index (χ3v) is 4.69. The number of rotatable bonds is 4. The highest BCUT2D eigenvalue weighted by molar-refractivity contribution is 7.18. The highest BCUT2D eigenvalue weighted by atomic mass is 32.1. The van der Waals surface area contributed by atoms with Crippen LogP contribution >= 0.6 is 11.3 Å². The van der Waals surface area contributed by atoms with Crippen LogP contribution in [0.4, 0.5) is 5.82 Å². The number of piperazine rings is 1. The number of fused-ring (bicyclic) bond motifs is 1. The standard InChI is InChI=1S/C14H18N4O2S/c1-17-6-8-18(9-7-17)11-3-2-10-14(16-11)21-12(15-10)4-5-13(19)20/h2-3H,4-9H2,1H3,(H,19,20). The van der Waals surface area contributed by atoms with Crippen molar-refractivity contribution < 1.29 is 9.90 Å². The molecule has 21 heavy (non-hydrogen) atoms. The average Bonchev–Trinajstić information content (AvgIpc) is 2.88. The summed E-state index contributed by atoms with van der Waals surface area (Å²) in [6.45, 7) is 4.07. The van der Waals surface area contributed by atoms with E-state index >= 15 is 0 Å². The van der Waals surface area contributed by atoms with Gasteiger partial charge in [0.25, 0.3) is 0 Å². The Morgan fingerprint density at radius 1 is 1.29 bits per heavy atom. The van der Waals surface area contributed by atoms with Gasteiger partial charge in [-0.05, 0) is 19.2 Å². The van der Waals surface area contributed by atoms with Gasteiger partial charge in [0.1, 0.15) is 16.2 Å². The van der Waals surface area contributed by atoms with E-state index in [1.165, 1.54) is 11.3 Å². The Kier molecular flexibility index (Phi) is 4.03. The summed E-state index contributed by atoms with van der Waals surface area (Å²) in [7, 11) is 2.13. The zero-order valence-electron chi connectivity index (χ0n) is 11.9. The molecular formula is C14H18N4O2S. The summed E-state index contributed by atoms with van der Waals surface area (Å²) >= 11 is 1.50. The number of aromatic nitrogens is 2. The molecule has 3 heterocycles. The Morgan fingerprint density at radius 3 is 2.76 bits per heavy atom. The molecule has 6 nitrogen and oxygen atoms in total. The lowest BCUT2D eigenvalue weighted by Crippen LogP contribution is -2.44. The topological polar surface area (TPSA) is 69.6 Å². The summed E-state index contributed by atoms with van der Waals surface area (Å²) in [5.41, 5.74) is 0.860. The second-order valence-corrected chi connectivity index (χ2v) is 6.35. The van der Waals surface area contributed by atoms with Gasteiger partial charge in [0, 0.05) is 32.6 Å². The number of carbonyl (C=O) groups is 1. The fourth-order valence-corrected chi connectivity index (χ4v) is 3.31. The zero-order valence-corrected chi connectivity index (χ0v) is 12.8. The summed E-state index contributed by atoms with van der Waals surface area (Å²) in [5.74, 6) is 0.198. The molecule has 0 atom stereocenters. The molecular weight excluding hydrogens is 288 g/mol. The van der Waals surface area contributed by atoms with E-state index in [-0.39, 0.29) is 6.42 Å². The van der Waals surface area contributed by atoms with Crippen molar-refractivity contribution in [2.24, 2.45) is 0 Å². The van der Waals surface area contributed by atoms with Crippen molar-refractivity contribution in [2.45, 2.75) is 12.8 Å². The summed E-state index contributed by atoms with van der Waals surface area (Å²) in [6.07, 6.45) is 0.589. The van der Waals surface area contributed by atoms with Gasteiger partial charge in [-0.25, -0.2) is 9.97 Å². The van der Waals surface area contributed by atoms with Crippen molar-refractivity contribution in [1.82, 2.24) is 14.9 Å². The maximum absolute atomic E-state index is 10.6. The first-order valence-corrected chi connectivity index (χ1v) is 7.85. The van der Waals surface area contributed by atoms with Gasteiger partial charge in [0.2, 0.25) is 0 Å². The first kappa shape index (κ1) is 14.2. The van der Waals surface area contributed by atoms with Gasteiger partial charge in [-0.2, -0.15) is 0 Å². The molecule has 1 aliphatic rings. The van der Waals surface area contributed by atoms with Gasteiger partial charge in [-0.15, -0.1) is 0 Å². The highest BCUT2D eigenvalue weighted by Crippen LogP contribution is 2.24. The quantitative estimate of drug-likeness (QED) is 0.922. The van der Waals surface area contributed by atoms with E-state index in [0.29, 0.717) is 6.42 Å². The van der Waals surface area contributed by atoms with Crippen LogP contribution in [0.5, 0.6) is 0 Å². The number of aryl methyl sites for hydroxylation is 1. The summed E-state index contributed by atoms with van der Waals surface area (Å²) in [4.78, 5) is 25.3. The third-order valence-electron chi connectivity index (χ3n) is 3.67. The molecule has 0 saturated carbocycles.